The van der Waals surface area contributed by atoms with Gasteiger partial charge >= 0.3 is 0 Å². The molecule has 1 heterocycles. The summed E-state index contributed by atoms with van der Waals surface area (Å²) in [4.78, 5) is 8.55. The zero-order valence-corrected chi connectivity index (χ0v) is 13.5. The third-order valence-corrected chi connectivity index (χ3v) is 3.06. The lowest BCUT2D eigenvalue weighted by molar-refractivity contribution is 0.379. The van der Waals surface area contributed by atoms with E-state index >= 15 is 0 Å². The van der Waals surface area contributed by atoms with Crippen LogP contribution in [0.2, 0.25) is 5.02 Å². The van der Waals surface area contributed by atoms with Crippen LogP contribution >= 0.6 is 11.6 Å². The number of halogens is 1. The lowest BCUT2D eigenvalue weighted by Gasteiger charge is -2.04. The second-order valence-corrected chi connectivity index (χ2v) is 5.76. The van der Waals surface area contributed by atoms with Crippen molar-refractivity contribution in [3.63, 3.8) is 0 Å². The quantitative estimate of drug-likeness (QED) is 0.630. The number of guanidine groups is 1. The molecule has 0 aliphatic heterocycles. The van der Waals surface area contributed by atoms with E-state index in [1.54, 1.807) is 12.1 Å². The number of benzene rings is 1. The van der Waals surface area contributed by atoms with E-state index in [1.807, 2.05) is 12.1 Å². The Morgan fingerprint density at radius 3 is 3.00 bits per heavy atom. The molecule has 0 unspecified atom stereocenters. The molecular weight excluding hydrogens is 302 g/mol. The van der Waals surface area contributed by atoms with Crippen LogP contribution in [-0.4, -0.2) is 29.2 Å². The Kier molecular flexibility index (Phi) is 5.77. The monoisotopic (exact) mass is 321 g/mol. The molecule has 0 fully saturated rings. The molecule has 0 saturated heterocycles. The summed E-state index contributed by atoms with van der Waals surface area (Å²) in [5.41, 5.74) is 6.58. The average molecular weight is 322 g/mol. The van der Waals surface area contributed by atoms with E-state index in [-0.39, 0.29) is 0 Å². The number of nitrogens with two attached hydrogens (primary N) is 1. The molecule has 22 heavy (non-hydrogen) atoms. The van der Waals surface area contributed by atoms with Gasteiger partial charge in [0.25, 0.3) is 0 Å². The van der Waals surface area contributed by atoms with Gasteiger partial charge in [-0.3, -0.25) is 4.99 Å². The number of hydrogen-bond donors (Lipinski definition) is 2. The molecule has 2 rings (SSSR count). The number of aromatic nitrogens is 2. The fraction of sp³-hybridized carbons (Fsp3) is 0.400. The van der Waals surface area contributed by atoms with Crippen LogP contribution in [0.1, 0.15) is 19.7 Å². The molecule has 0 aliphatic carbocycles. The zero-order chi connectivity index (χ0) is 15.9. The second-order valence-electron chi connectivity index (χ2n) is 5.32. The predicted molar refractivity (Wildman–Crippen MR) is 87.8 cm³/mol. The van der Waals surface area contributed by atoms with Gasteiger partial charge in [-0.05, 0) is 18.1 Å². The van der Waals surface area contributed by atoms with Gasteiger partial charge in [-0.25, -0.2) is 0 Å². The van der Waals surface area contributed by atoms with Crippen molar-refractivity contribution in [3.05, 3.63) is 35.2 Å². The first-order valence-electron chi connectivity index (χ1n) is 7.17. The van der Waals surface area contributed by atoms with Gasteiger partial charge in [-0.15, -0.1) is 0 Å². The van der Waals surface area contributed by atoms with Gasteiger partial charge in [0.05, 0.1) is 0 Å². The third-order valence-electron chi connectivity index (χ3n) is 2.82. The summed E-state index contributed by atoms with van der Waals surface area (Å²) in [7, 11) is 0. The Morgan fingerprint density at radius 2 is 2.27 bits per heavy atom. The molecule has 6 nitrogen and oxygen atoms in total. The second kappa shape index (κ2) is 7.79. The van der Waals surface area contributed by atoms with E-state index in [0.29, 0.717) is 48.1 Å². The van der Waals surface area contributed by atoms with Crippen molar-refractivity contribution in [2.75, 3.05) is 13.1 Å². The highest BCUT2D eigenvalue weighted by Crippen LogP contribution is 2.19. The van der Waals surface area contributed by atoms with Gasteiger partial charge in [0, 0.05) is 30.1 Å². The number of rotatable bonds is 6. The van der Waals surface area contributed by atoms with Crippen molar-refractivity contribution in [1.82, 2.24) is 15.5 Å². The van der Waals surface area contributed by atoms with Gasteiger partial charge in [0.2, 0.25) is 11.7 Å². The molecule has 0 spiro atoms. The van der Waals surface area contributed by atoms with Crippen LogP contribution in [0.4, 0.5) is 0 Å². The average Bonchev–Trinajstić information content (AvgIpc) is 2.94. The largest absolute Gasteiger partial charge is 0.370 e. The highest BCUT2D eigenvalue weighted by atomic mass is 35.5. The first-order chi connectivity index (χ1) is 10.5. The highest BCUT2D eigenvalue weighted by molar-refractivity contribution is 6.30. The van der Waals surface area contributed by atoms with E-state index in [0.717, 1.165) is 5.56 Å². The van der Waals surface area contributed by atoms with Crippen LogP contribution in [0.3, 0.4) is 0 Å². The molecule has 0 saturated carbocycles. The maximum absolute atomic E-state index is 5.95. The third kappa shape index (κ3) is 5.04. The summed E-state index contributed by atoms with van der Waals surface area (Å²) in [6.07, 6.45) is 0.575. The molecule has 0 amide bonds. The van der Waals surface area contributed by atoms with Gasteiger partial charge < -0.3 is 15.6 Å². The summed E-state index contributed by atoms with van der Waals surface area (Å²) >= 11 is 5.95. The minimum absolute atomic E-state index is 0.434. The first kappa shape index (κ1) is 16.3. The molecular formula is C15H20ClN5O. The van der Waals surface area contributed by atoms with Gasteiger partial charge in [0.1, 0.15) is 0 Å². The Labute approximate surface area is 134 Å². The molecule has 2 aromatic rings. The first-order valence-corrected chi connectivity index (χ1v) is 7.54. The topological polar surface area (TPSA) is 89.3 Å². The standard InChI is InChI=1S/C15H20ClN5O/c1-10(2)9-19-15(17)18-7-6-13-20-14(21-22-13)11-4-3-5-12(16)8-11/h3-5,8,10H,6-7,9H2,1-2H3,(H3,17,18,19). The molecule has 1 aromatic carbocycles. The molecule has 0 bridgehead atoms. The van der Waals surface area contributed by atoms with E-state index in [2.05, 4.69) is 34.3 Å². The zero-order valence-electron chi connectivity index (χ0n) is 12.7. The van der Waals surface area contributed by atoms with Gasteiger partial charge in [0.15, 0.2) is 5.96 Å². The fourth-order valence-electron chi connectivity index (χ4n) is 1.74. The highest BCUT2D eigenvalue weighted by Gasteiger charge is 2.08. The fourth-order valence-corrected chi connectivity index (χ4v) is 1.93. The molecule has 0 aliphatic rings. The van der Waals surface area contributed by atoms with Crippen LogP contribution in [0.5, 0.6) is 0 Å². The SMILES string of the molecule is CC(C)CN=C(N)NCCc1nc(-c2cccc(Cl)c2)no1. The number of hydrogen-bond acceptors (Lipinski definition) is 4. The van der Waals surface area contributed by atoms with Crippen LogP contribution in [0.25, 0.3) is 11.4 Å². The Hall–Kier alpha value is -2.08. The van der Waals surface area contributed by atoms with E-state index in [4.69, 9.17) is 21.9 Å². The summed E-state index contributed by atoms with van der Waals surface area (Å²) < 4.78 is 5.21. The van der Waals surface area contributed by atoms with Crippen LogP contribution in [-0.2, 0) is 6.42 Å². The lowest BCUT2D eigenvalue weighted by atomic mass is 10.2. The number of aliphatic imine (C=N–C) groups is 1. The van der Waals surface area contributed by atoms with Crippen molar-refractivity contribution in [2.45, 2.75) is 20.3 Å². The summed E-state index contributed by atoms with van der Waals surface area (Å²) in [6, 6.07) is 7.33. The maximum Gasteiger partial charge on any atom is 0.228 e. The molecule has 0 atom stereocenters. The Balaban J connectivity index is 1.86. The molecule has 0 radical (unpaired) electrons. The van der Waals surface area contributed by atoms with Crippen molar-refractivity contribution < 1.29 is 4.52 Å². The van der Waals surface area contributed by atoms with E-state index < -0.39 is 0 Å². The van der Waals surface area contributed by atoms with Crippen molar-refractivity contribution in [3.8, 4) is 11.4 Å². The van der Waals surface area contributed by atoms with Crippen molar-refractivity contribution in [2.24, 2.45) is 16.6 Å². The van der Waals surface area contributed by atoms with Gasteiger partial charge in [-0.2, -0.15) is 4.98 Å². The summed E-state index contributed by atoms with van der Waals surface area (Å²) in [5, 5.41) is 7.61. The normalized spacial score (nSPS) is 11.9. The van der Waals surface area contributed by atoms with Gasteiger partial charge in [-0.1, -0.05) is 42.7 Å². The van der Waals surface area contributed by atoms with Crippen molar-refractivity contribution >= 4 is 17.6 Å². The van der Waals surface area contributed by atoms with E-state index in [1.165, 1.54) is 0 Å². The molecule has 7 heteroatoms. The van der Waals surface area contributed by atoms with Crippen LogP contribution in [0.15, 0.2) is 33.8 Å². The number of nitrogens with one attached hydrogen (secondary N) is 1. The number of nitrogens with zero attached hydrogens (tertiary/aromatic N) is 3. The molecule has 3 N–H and O–H groups in total. The lowest BCUT2D eigenvalue weighted by Crippen LogP contribution is -2.33. The minimum atomic E-state index is 0.434. The van der Waals surface area contributed by atoms with E-state index in [9.17, 15) is 0 Å². The Morgan fingerprint density at radius 1 is 1.45 bits per heavy atom. The van der Waals surface area contributed by atoms with Crippen LogP contribution < -0.4 is 11.1 Å². The molecule has 118 valence electrons. The maximum atomic E-state index is 5.95. The van der Waals surface area contributed by atoms with Crippen LogP contribution in [0, 0.1) is 5.92 Å². The molecule has 1 aromatic heterocycles. The summed E-state index contributed by atoms with van der Waals surface area (Å²) in [5.74, 6) is 1.98. The minimum Gasteiger partial charge on any atom is -0.370 e. The summed E-state index contributed by atoms with van der Waals surface area (Å²) in [6.45, 7) is 5.47. The predicted octanol–water partition coefficient (Wildman–Crippen LogP) is 2.49. The smallest absolute Gasteiger partial charge is 0.228 e. The Bertz CT molecular complexity index is 638. The van der Waals surface area contributed by atoms with Crippen molar-refractivity contribution in [1.29, 1.82) is 0 Å².